The normalized spacial score (nSPS) is 19.9. The van der Waals surface area contributed by atoms with Crippen molar-refractivity contribution in [3.8, 4) is 0 Å². The van der Waals surface area contributed by atoms with Crippen molar-refractivity contribution < 1.29 is 19.1 Å². The first kappa shape index (κ1) is 20.3. The predicted molar refractivity (Wildman–Crippen MR) is 106 cm³/mol. The Hall–Kier alpha value is -1.97. The van der Waals surface area contributed by atoms with Crippen molar-refractivity contribution in [1.29, 1.82) is 0 Å². The second kappa shape index (κ2) is 9.69. The highest BCUT2D eigenvalue weighted by molar-refractivity contribution is 5.94. The summed E-state index contributed by atoms with van der Waals surface area (Å²) in [6, 6.07) is 0. The summed E-state index contributed by atoms with van der Waals surface area (Å²) in [6.45, 7) is 7.80. The predicted octanol–water partition coefficient (Wildman–Crippen LogP) is 0.0303. The first-order valence-electron chi connectivity index (χ1n) is 10.7. The standard InChI is InChI=1S/C20H31N5O4/c26-18(3-8-23-10-13-28-14-11-23)21-5-9-25-17-4-12-29-15-16(17)19(22-25)20(27)24-6-1-2-7-24/h1-15H2,(H,21,26). The van der Waals surface area contributed by atoms with Crippen molar-refractivity contribution in [1.82, 2.24) is 24.9 Å². The van der Waals surface area contributed by atoms with E-state index in [1.54, 1.807) is 0 Å². The highest BCUT2D eigenvalue weighted by atomic mass is 16.5. The molecule has 0 unspecified atom stereocenters. The van der Waals surface area contributed by atoms with E-state index in [9.17, 15) is 9.59 Å². The number of aromatic nitrogens is 2. The summed E-state index contributed by atoms with van der Waals surface area (Å²) in [7, 11) is 0. The number of carbonyl (C=O) groups is 2. The fourth-order valence-corrected chi connectivity index (χ4v) is 4.21. The molecule has 0 aromatic carbocycles. The molecule has 160 valence electrons. The number of ether oxygens (including phenoxy) is 2. The Labute approximate surface area is 171 Å². The van der Waals surface area contributed by atoms with E-state index in [0.717, 1.165) is 76.5 Å². The van der Waals surface area contributed by atoms with Crippen LogP contribution in [0.3, 0.4) is 0 Å². The van der Waals surface area contributed by atoms with E-state index in [0.29, 0.717) is 38.4 Å². The number of hydrogen-bond acceptors (Lipinski definition) is 6. The Morgan fingerprint density at radius 3 is 2.59 bits per heavy atom. The lowest BCUT2D eigenvalue weighted by molar-refractivity contribution is -0.121. The molecule has 0 aliphatic carbocycles. The van der Waals surface area contributed by atoms with Gasteiger partial charge in [0.25, 0.3) is 5.91 Å². The van der Waals surface area contributed by atoms with Gasteiger partial charge in [-0.15, -0.1) is 0 Å². The molecule has 3 aliphatic heterocycles. The molecule has 29 heavy (non-hydrogen) atoms. The van der Waals surface area contributed by atoms with Crippen LogP contribution in [0.1, 0.15) is 41.0 Å². The van der Waals surface area contributed by atoms with Crippen LogP contribution >= 0.6 is 0 Å². The molecule has 4 rings (SSSR count). The van der Waals surface area contributed by atoms with E-state index >= 15 is 0 Å². The van der Waals surface area contributed by atoms with Crippen LogP contribution < -0.4 is 5.32 Å². The Morgan fingerprint density at radius 2 is 1.79 bits per heavy atom. The van der Waals surface area contributed by atoms with Gasteiger partial charge in [0.1, 0.15) is 0 Å². The summed E-state index contributed by atoms with van der Waals surface area (Å²) in [6.07, 6.45) is 3.35. The van der Waals surface area contributed by atoms with Crippen LogP contribution in [0.5, 0.6) is 0 Å². The molecule has 0 bridgehead atoms. The van der Waals surface area contributed by atoms with Gasteiger partial charge in [0.15, 0.2) is 5.69 Å². The molecule has 2 saturated heterocycles. The Balaban J connectivity index is 1.31. The first-order valence-corrected chi connectivity index (χ1v) is 10.7. The molecule has 0 spiro atoms. The zero-order chi connectivity index (χ0) is 20.1. The van der Waals surface area contributed by atoms with Gasteiger partial charge in [-0.1, -0.05) is 0 Å². The van der Waals surface area contributed by atoms with Gasteiger partial charge in [-0.2, -0.15) is 5.10 Å². The Kier molecular flexibility index (Phi) is 6.78. The van der Waals surface area contributed by atoms with Gasteiger partial charge in [0, 0.05) is 63.4 Å². The van der Waals surface area contributed by atoms with E-state index in [1.165, 1.54) is 0 Å². The Morgan fingerprint density at radius 1 is 1.00 bits per heavy atom. The maximum absolute atomic E-state index is 12.9. The van der Waals surface area contributed by atoms with Crippen LogP contribution in [0, 0.1) is 0 Å². The maximum atomic E-state index is 12.9. The van der Waals surface area contributed by atoms with E-state index in [4.69, 9.17) is 9.47 Å². The Bertz CT molecular complexity index is 723. The number of nitrogens with zero attached hydrogens (tertiary/aromatic N) is 4. The minimum absolute atomic E-state index is 0.0116. The monoisotopic (exact) mass is 405 g/mol. The molecule has 2 fully saturated rings. The van der Waals surface area contributed by atoms with Gasteiger partial charge in [-0.05, 0) is 12.8 Å². The number of rotatable bonds is 7. The van der Waals surface area contributed by atoms with E-state index in [-0.39, 0.29) is 11.8 Å². The van der Waals surface area contributed by atoms with Crippen molar-refractivity contribution in [3.05, 3.63) is 17.0 Å². The summed E-state index contributed by atoms with van der Waals surface area (Å²) >= 11 is 0. The van der Waals surface area contributed by atoms with Gasteiger partial charge in [0.2, 0.25) is 5.91 Å². The fourth-order valence-electron chi connectivity index (χ4n) is 4.21. The summed E-state index contributed by atoms with van der Waals surface area (Å²) < 4.78 is 12.8. The van der Waals surface area contributed by atoms with Crippen molar-refractivity contribution in [3.63, 3.8) is 0 Å². The number of nitrogens with one attached hydrogen (secondary N) is 1. The third-order valence-corrected chi connectivity index (χ3v) is 5.90. The van der Waals surface area contributed by atoms with Crippen LogP contribution in [-0.2, 0) is 33.8 Å². The lowest BCUT2D eigenvalue weighted by atomic mass is 10.1. The SMILES string of the molecule is O=C(CCN1CCOCC1)NCCn1nc(C(=O)N2CCCC2)c2c1CCOC2. The molecule has 4 heterocycles. The largest absolute Gasteiger partial charge is 0.379 e. The summed E-state index contributed by atoms with van der Waals surface area (Å²) in [5.41, 5.74) is 2.52. The number of hydrogen-bond donors (Lipinski definition) is 1. The van der Waals surface area contributed by atoms with Crippen molar-refractivity contribution in [2.75, 3.05) is 59.1 Å². The van der Waals surface area contributed by atoms with Crippen LogP contribution in [0.4, 0.5) is 0 Å². The molecular weight excluding hydrogens is 374 g/mol. The van der Waals surface area contributed by atoms with Crippen LogP contribution in [0.2, 0.25) is 0 Å². The molecule has 3 aliphatic rings. The zero-order valence-electron chi connectivity index (χ0n) is 17.0. The second-order valence-electron chi connectivity index (χ2n) is 7.85. The average molecular weight is 405 g/mol. The molecule has 0 saturated carbocycles. The minimum atomic E-state index is 0.0116. The summed E-state index contributed by atoms with van der Waals surface area (Å²) in [5.74, 6) is 0.0618. The van der Waals surface area contributed by atoms with Gasteiger partial charge in [-0.25, -0.2) is 0 Å². The second-order valence-corrected chi connectivity index (χ2v) is 7.85. The van der Waals surface area contributed by atoms with Crippen LogP contribution in [0.15, 0.2) is 0 Å². The number of fused-ring (bicyclic) bond motifs is 1. The molecule has 1 aromatic rings. The first-order chi connectivity index (χ1) is 14.2. The number of morpholine rings is 1. The highest BCUT2D eigenvalue weighted by Crippen LogP contribution is 2.23. The lowest BCUT2D eigenvalue weighted by Gasteiger charge is -2.26. The quantitative estimate of drug-likeness (QED) is 0.689. The maximum Gasteiger partial charge on any atom is 0.274 e. The van der Waals surface area contributed by atoms with Crippen molar-refractivity contribution in [2.24, 2.45) is 0 Å². The van der Waals surface area contributed by atoms with Crippen LogP contribution in [0.25, 0.3) is 0 Å². The van der Waals surface area contributed by atoms with Gasteiger partial charge < -0.3 is 19.7 Å². The molecule has 0 radical (unpaired) electrons. The number of carbonyl (C=O) groups excluding carboxylic acids is 2. The summed E-state index contributed by atoms with van der Waals surface area (Å²) in [4.78, 5) is 29.2. The topological polar surface area (TPSA) is 88.9 Å². The molecule has 0 atom stereocenters. The zero-order valence-corrected chi connectivity index (χ0v) is 17.0. The van der Waals surface area contributed by atoms with Crippen molar-refractivity contribution in [2.45, 2.75) is 38.8 Å². The molecule has 9 heteroatoms. The highest BCUT2D eigenvalue weighted by Gasteiger charge is 2.29. The molecule has 1 aromatic heterocycles. The van der Waals surface area contributed by atoms with E-state index in [1.807, 2.05) is 9.58 Å². The summed E-state index contributed by atoms with van der Waals surface area (Å²) in [5, 5.41) is 7.61. The van der Waals surface area contributed by atoms with Crippen molar-refractivity contribution >= 4 is 11.8 Å². The number of likely N-dealkylation sites (tertiary alicyclic amines) is 1. The van der Waals surface area contributed by atoms with Gasteiger partial charge in [0.05, 0.1) is 33.0 Å². The van der Waals surface area contributed by atoms with Crippen LogP contribution in [-0.4, -0.2) is 90.5 Å². The van der Waals surface area contributed by atoms with E-state index in [2.05, 4.69) is 15.3 Å². The molecule has 9 nitrogen and oxygen atoms in total. The molecular formula is C20H31N5O4. The van der Waals surface area contributed by atoms with Gasteiger partial charge >= 0.3 is 0 Å². The molecule has 1 N–H and O–H groups in total. The van der Waals surface area contributed by atoms with E-state index < -0.39 is 0 Å². The smallest absolute Gasteiger partial charge is 0.274 e. The molecule has 2 amide bonds. The third kappa shape index (κ3) is 4.96. The number of amides is 2. The van der Waals surface area contributed by atoms with Gasteiger partial charge in [-0.3, -0.25) is 19.2 Å². The third-order valence-electron chi connectivity index (χ3n) is 5.90. The average Bonchev–Trinajstić information content (AvgIpc) is 3.41. The minimum Gasteiger partial charge on any atom is -0.379 e. The fraction of sp³-hybridized carbons (Fsp3) is 0.750. The lowest BCUT2D eigenvalue weighted by Crippen LogP contribution is -2.39.